The minimum Gasteiger partial charge on any atom is -0.375 e. The van der Waals surface area contributed by atoms with Gasteiger partial charge in [-0.1, -0.05) is 63.2 Å². The van der Waals surface area contributed by atoms with E-state index in [1.54, 1.807) is 0 Å². The number of nitrogens with one attached hydrogen (secondary N) is 1. The standard InChI is InChI=1S/C23H32N2O/c1-23(2,3)15-20-10-7-11-22(14-20)25-13-12-24-21(16-25)18-26-17-19-8-5-4-6-9-19/h4-11,14,21,24H,12-13,15-18H2,1-3H3. The Morgan fingerprint density at radius 1 is 1.04 bits per heavy atom. The third kappa shape index (κ3) is 5.86. The molecule has 0 spiro atoms. The lowest BCUT2D eigenvalue weighted by molar-refractivity contribution is 0.0971. The lowest BCUT2D eigenvalue weighted by Gasteiger charge is -2.35. The highest BCUT2D eigenvalue weighted by Crippen LogP contribution is 2.24. The first-order valence-electron chi connectivity index (χ1n) is 9.68. The summed E-state index contributed by atoms with van der Waals surface area (Å²) >= 11 is 0. The summed E-state index contributed by atoms with van der Waals surface area (Å²) in [6.07, 6.45) is 1.11. The van der Waals surface area contributed by atoms with Gasteiger partial charge in [-0.25, -0.2) is 0 Å². The summed E-state index contributed by atoms with van der Waals surface area (Å²) < 4.78 is 5.94. The second-order valence-corrected chi connectivity index (χ2v) is 8.51. The van der Waals surface area contributed by atoms with Gasteiger partial charge in [0.05, 0.1) is 13.2 Å². The molecule has 0 aliphatic carbocycles. The highest BCUT2D eigenvalue weighted by atomic mass is 16.5. The van der Waals surface area contributed by atoms with Gasteiger partial charge >= 0.3 is 0 Å². The van der Waals surface area contributed by atoms with Crippen LogP contribution in [0.25, 0.3) is 0 Å². The molecular weight excluding hydrogens is 320 g/mol. The van der Waals surface area contributed by atoms with Crippen molar-refractivity contribution in [3.63, 3.8) is 0 Å². The number of hydrogen-bond donors (Lipinski definition) is 1. The Morgan fingerprint density at radius 2 is 1.81 bits per heavy atom. The fourth-order valence-corrected chi connectivity index (χ4v) is 3.54. The van der Waals surface area contributed by atoms with E-state index in [0.717, 1.165) is 32.7 Å². The molecule has 3 rings (SSSR count). The highest BCUT2D eigenvalue weighted by Gasteiger charge is 2.20. The molecule has 1 saturated heterocycles. The number of anilines is 1. The molecule has 2 aromatic carbocycles. The molecule has 2 aromatic rings. The van der Waals surface area contributed by atoms with Crippen molar-refractivity contribution in [2.24, 2.45) is 5.41 Å². The molecule has 3 nitrogen and oxygen atoms in total. The SMILES string of the molecule is CC(C)(C)Cc1cccc(N2CCNC(COCc3ccccc3)C2)c1. The largest absolute Gasteiger partial charge is 0.375 e. The zero-order chi connectivity index (χ0) is 18.4. The van der Waals surface area contributed by atoms with Crippen LogP contribution in [0.1, 0.15) is 31.9 Å². The monoisotopic (exact) mass is 352 g/mol. The number of nitrogens with zero attached hydrogens (tertiary/aromatic N) is 1. The molecule has 3 heteroatoms. The third-order valence-corrected chi connectivity index (χ3v) is 4.70. The molecule has 0 aromatic heterocycles. The quantitative estimate of drug-likeness (QED) is 0.840. The number of piperazine rings is 1. The molecule has 1 aliphatic rings. The average molecular weight is 353 g/mol. The summed E-state index contributed by atoms with van der Waals surface area (Å²) in [5, 5.41) is 3.59. The molecule has 0 radical (unpaired) electrons. The number of benzene rings is 2. The molecule has 1 atom stereocenters. The molecule has 140 valence electrons. The average Bonchev–Trinajstić information content (AvgIpc) is 2.62. The van der Waals surface area contributed by atoms with Gasteiger partial charge in [-0.2, -0.15) is 0 Å². The summed E-state index contributed by atoms with van der Waals surface area (Å²) in [6, 6.07) is 19.8. The smallest absolute Gasteiger partial charge is 0.0717 e. The van der Waals surface area contributed by atoms with Crippen molar-refractivity contribution in [1.82, 2.24) is 5.32 Å². The van der Waals surface area contributed by atoms with E-state index in [4.69, 9.17) is 4.74 Å². The predicted molar refractivity (Wildman–Crippen MR) is 110 cm³/mol. The van der Waals surface area contributed by atoms with Crippen LogP contribution in [-0.2, 0) is 17.8 Å². The van der Waals surface area contributed by atoms with Gasteiger partial charge in [0, 0.05) is 31.4 Å². The van der Waals surface area contributed by atoms with Crippen LogP contribution < -0.4 is 10.2 Å². The van der Waals surface area contributed by atoms with Crippen LogP contribution in [0.3, 0.4) is 0 Å². The summed E-state index contributed by atoms with van der Waals surface area (Å²) in [7, 11) is 0. The van der Waals surface area contributed by atoms with Gasteiger partial charge < -0.3 is 15.0 Å². The van der Waals surface area contributed by atoms with Crippen LogP contribution >= 0.6 is 0 Å². The van der Waals surface area contributed by atoms with Crippen molar-refractivity contribution in [3.05, 3.63) is 65.7 Å². The summed E-state index contributed by atoms with van der Waals surface area (Å²) in [4.78, 5) is 2.49. The topological polar surface area (TPSA) is 24.5 Å². The Labute approximate surface area is 158 Å². The van der Waals surface area contributed by atoms with E-state index in [-0.39, 0.29) is 0 Å². The van der Waals surface area contributed by atoms with Crippen molar-refractivity contribution in [2.45, 2.75) is 39.8 Å². The molecule has 1 N–H and O–H groups in total. The maximum atomic E-state index is 5.94. The Kier molecular flexibility index (Phi) is 6.33. The lowest BCUT2D eigenvalue weighted by atomic mass is 9.88. The minimum absolute atomic E-state index is 0.315. The molecule has 1 unspecified atom stereocenters. The van der Waals surface area contributed by atoms with E-state index in [9.17, 15) is 0 Å². The van der Waals surface area contributed by atoms with E-state index in [0.29, 0.717) is 18.1 Å². The predicted octanol–water partition coefficient (Wildman–Crippen LogP) is 4.27. The molecule has 0 amide bonds. The van der Waals surface area contributed by atoms with Gasteiger partial charge in [0.25, 0.3) is 0 Å². The maximum Gasteiger partial charge on any atom is 0.0717 e. The third-order valence-electron chi connectivity index (χ3n) is 4.70. The first-order chi connectivity index (χ1) is 12.5. The first-order valence-corrected chi connectivity index (χ1v) is 9.68. The second-order valence-electron chi connectivity index (χ2n) is 8.51. The Hall–Kier alpha value is -1.84. The van der Waals surface area contributed by atoms with Crippen molar-refractivity contribution in [3.8, 4) is 0 Å². The normalized spacial score (nSPS) is 18.1. The molecule has 1 fully saturated rings. The van der Waals surface area contributed by atoms with Crippen LogP contribution in [0.2, 0.25) is 0 Å². The van der Waals surface area contributed by atoms with Crippen molar-refractivity contribution < 1.29 is 4.74 Å². The molecule has 26 heavy (non-hydrogen) atoms. The zero-order valence-electron chi connectivity index (χ0n) is 16.4. The number of hydrogen-bond acceptors (Lipinski definition) is 3. The summed E-state index contributed by atoms with van der Waals surface area (Å²) in [5.74, 6) is 0. The van der Waals surface area contributed by atoms with Gasteiger partial charge in [0.15, 0.2) is 0 Å². The summed E-state index contributed by atoms with van der Waals surface area (Å²) in [6.45, 7) is 11.4. The maximum absolute atomic E-state index is 5.94. The minimum atomic E-state index is 0.315. The van der Waals surface area contributed by atoms with Crippen LogP contribution in [-0.4, -0.2) is 32.3 Å². The van der Waals surface area contributed by atoms with Gasteiger partial charge in [0.1, 0.15) is 0 Å². The number of ether oxygens (including phenoxy) is 1. The second kappa shape index (κ2) is 8.70. The van der Waals surface area contributed by atoms with Gasteiger partial charge in [-0.3, -0.25) is 0 Å². The fraction of sp³-hybridized carbons (Fsp3) is 0.478. The van der Waals surface area contributed by atoms with Gasteiger partial charge in [0.2, 0.25) is 0 Å². The van der Waals surface area contributed by atoms with Gasteiger partial charge in [-0.15, -0.1) is 0 Å². The van der Waals surface area contributed by atoms with Crippen LogP contribution in [0.4, 0.5) is 5.69 Å². The fourth-order valence-electron chi connectivity index (χ4n) is 3.54. The molecule has 0 bridgehead atoms. The van der Waals surface area contributed by atoms with Crippen molar-refractivity contribution in [1.29, 1.82) is 0 Å². The van der Waals surface area contributed by atoms with E-state index in [1.165, 1.54) is 16.8 Å². The van der Waals surface area contributed by atoms with Gasteiger partial charge in [-0.05, 0) is 35.1 Å². The molecule has 0 saturated carbocycles. The van der Waals surface area contributed by atoms with Crippen LogP contribution in [0.5, 0.6) is 0 Å². The Balaban J connectivity index is 1.54. The zero-order valence-corrected chi connectivity index (χ0v) is 16.4. The highest BCUT2D eigenvalue weighted by molar-refractivity contribution is 5.49. The molecule has 1 heterocycles. The van der Waals surface area contributed by atoms with Crippen molar-refractivity contribution >= 4 is 5.69 Å². The van der Waals surface area contributed by atoms with Crippen molar-refractivity contribution in [2.75, 3.05) is 31.1 Å². The van der Waals surface area contributed by atoms with E-state index < -0.39 is 0 Å². The van der Waals surface area contributed by atoms with E-state index in [2.05, 4.69) is 79.5 Å². The van der Waals surface area contributed by atoms with Crippen LogP contribution in [0, 0.1) is 5.41 Å². The Morgan fingerprint density at radius 3 is 2.58 bits per heavy atom. The lowest BCUT2D eigenvalue weighted by Crippen LogP contribution is -2.52. The first kappa shape index (κ1) is 18.9. The van der Waals surface area contributed by atoms with Crippen LogP contribution in [0.15, 0.2) is 54.6 Å². The molecule has 1 aliphatic heterocycles. The Bertz CT molecular complexity index is 678. The van der Waals surface area contributed by atoms with E-state index >= 15 is 0 Å². The van der Waals surface area contributed by atoms with E-state index in [1.807, 2.05) is 6.07 Å². The molecular formula is C23H32N2O. The number of rotatable bonds is 6. The summed E-state index contributed by atoms with van der Waals surface area (Å²) in [5.41, 5.74) is 4.30.